The molecule has 0 spiro atoms. The molecule has 0 saturated carbocycles. The van der Waals surface area contributed by atoms with E-state index >= 15 is 0 Å². The molecule has 5 nitrogen and oxygen atoms in total. The second kappa shape index (κ2) is 13.0. The summed E-state index contributed by atoms with van der Waals surface area (Å²) in [7, 11) is 0. The third-order valence-corrected chi connectivity index (χ3v) is 7.86. The van der Waals surface area contributed by atoms with Crippen LogP contribution in [0.25, 0.3) is 10.9 Å². The quantitative estimate of drug-likeness (QED) is 0.175. The van der Waals surface area contributed by atoms with Crippen LogP contribution in [0.2, 0.25) is 5.02 Å². The van der Waals surface area contributed by atoms with Crippen molar-refractivity contribution in [2.24, 2.45) is 0 Å². The molecular weight excluding hydrogens is 554 g/mol. The van der Waals surface area contributed by atoms with Crippen molar-refractivity contribution in [3.05, 3.63) is 161 Å². The molecule has 0 fully saturated rings. The van der Waals surface area contributed by atoms with Crippen molar-refractivity contribution in [1.29, 1.82) is 0 Å². The van der Waals surface area contributed by atoms with Crippen molar-refractivity contribution < 1.29 is 9.53 Å². The van der Waals surface area contributed by atoms with Crippen molar-refractivity contribution in [3.63, 3.8) is 0 Å². The Bertz CT molecular complexity index is 1830. The maximum atomic E-state index is 13.5. The van der Waals surface area contributed by atoms with E-state index in [1.807, 2.05) is 42.5 Å². The van der Waals surface area contributed by atoms with Gasteiger partial charge in [0.2, 0.25) is 5.91 Å². The number of benzene rings is 4. The number of nitrogens with zero attached hydrogens (tertiary/aromatic N) is 2. The second-order valence-electron chi connectivity index (χ2n) is 10.7. The molecule has 4 aromatic carbocycles. The highest BCUT2D eigenvalue weighted by atomic mass is 35.5. The van der Waals surface area contributed by atoms with Crippen LogP contribution >= 0.6 is 11.6 Å². The Kier molecular flexibility index (Phi) is 8.52. The lowest BCUT2D eigenvalue weighted by Crippen LogP contribution is -2.25. The predicted molar refractivity (Wildman–Crippen MR) is 173 cm³/mol. The molecule has 0 aliphatic carbocycles. The van der Waals surface area contributed by atoms with E-state index in [0.29, 0.717) is 23.1 Å². The minimum atomic E-state index is -0.199. The van der Waals surface area contributed by atoms with Crippen molar-refractivity contribution in [1.82, 2.24) is 14.9 Å². The van der Waals surface area contributed by atoms with Crippen LogP contribution < -0.4 is 10.1 Å². The number of pyridine rings is 1. The number of fused-ring (bicyclic) bond motifs is 1. The zero-order chi connectivity index (χ0) is 29.6. The Morgan fingerprint density at radius 1 is 0.860 bits per heavy atom. The van der Waals surface area contributed by atoms with Crippen molar-refractivity contribution in [2.75, 3.05) is 0 Å². The molecular formula is C37H32ClN3O2. The van der Waals surface area contributed by atoms with Gasteiger partial charge in [0.25, 0.3) is 0 Å². The van der Waals surface area contributed by atoms with Gasteiger partial charge in [-0.3, -0.25) is 9.78 Å². The van der Waals surface area contributed by atoms with Crippen molar-refractivity contribution >= 4 is 28.4 Å². The Morgan fingerprint density at radius 3 is 2.42 bits per heavy atom. The average Bonchev–Trinajstić information content (AvgIpc) is 3.39. The van der Waals surface area contributed by atoms with Gasteiger partial charge in [0.1, 0.15) is 11.5 Å². The van der Waals surface area contributed by atoms with E-state index in [2.05, 4.69) is 82.6 Å². The fraction of sp³-hybridized carbons (Fsp3) is 0.135. The van der Waals surface area contributed by atoms with Gasteiger partial charge in [0.05, 0.1) is 0 Å². The first-order valence-corrected chi connectivity index (χ1v) is 14.7. The number of rotatable bonds is 10. The number of amides is 1. The number of carbonyl (C=O) groups excluding carboxylic acids is 1. The maximum absolute atomic E-state index is 13.5. The summed E-state index contributed by atoms with van der Waals surface area (Å²) in [6.45, 7) is 3.28. The van der Waals surface area contributed by atoms with Crippen LogP contribution in [0.15, 0.2) is 128 Å². The standard InChI is InChI=1S/C37H32ClN3O2/c1-26-9-11-28(12-10-26)24-41-25-35(33-7-2-3-8-36(33)41)34(22-37(42)40-23-27-17-19-39-20-18-27)29-5-4-6-32(21-29)43-31-15-13-30(38)14-16-31/h2-21,25,34H,22-24H2,1H3,(H,40,42)/t34-/m1/s1. The highest BCUT2D eigenvalue weighted by Crippen LogP contribution is 2.37. The topological polar surface area (TPSA) is 56.2 Å². The third kappa shape index (κ3) is 6.96. The molecule has 1 atom stereocenters. The third-order valence-electron chi connectivity index (χ3n) is 7.61. The van der Waals surface area contributed by atoms with Crippen LogP contribution in [-0.2, 0) is 17.9 Å². The molecule has 6 heteroatoms. The molecule has 1 amide bonds. The Balaban J connectivity index is 1.36. The highest BCUT2D eigenvalue weighted by Gasteiger charge is 2.23. The van der Waals surface area contributed by atoms with Crippen molar-refractivity contribution in [2.45, 2.75) is 32.4 Å². The number of hydrogen-bond acceptors (Lipinski definition) is 3. The van der Waals surface area contributed by atoms with Gasteiger partial charge in [-0.15, -0.1) is 0 Å². The van der Waals surface area contributed by atoms with Crippen LogP contribution in [0.1, 0.15) is 40.2 Å². The number of halogens is 1. The summed E-state index contributed by atoms with van der Waals surface area (Å²) in [6, 6.07) is 36.2. The van der Waals surface area contributed by atoms with Crippen molar-refractivity contribution in [3.8, 4) is 11.5 Å². The number of carbonyl (C=O) groups is 1. The molecule has 0 aliphatic heterocycles. The van der Waals surface area contributed by atoms with Gasteiger partial charge in [-0.25, -0.2) is 0 Å². The van der Waals surface area contributed by atoms with E-state index in [1.165, 1.54) is 11.1 Å². The molecule has 214 valence electrons. The van der Waals surface area contributed by atoms with Gasteiger partial charge in [0.15, 0.2) is 0 Å². The summed E-state index contributed by atoms with van der Waals surface area (Å²) in [4.78, 5) is 17.5. The normalized spacial score (nSPS) is 11.8. The molecule has 0 bridgehead atoms. The lowest BCUT2D eigenvalue weighted by Gasteiger charge is -2.18. The highest BCUT2D eigenvalue weighted by molar-refractivity contribution is 6.30. The first kappa shape index (κ1) is 28.3. The zero-order valence-electron chi connectivity index (χ0n) is 23.9. The minimum Gasteiger partial charge on any atom is -0.457 e. The average molecular weight is 586 g/mol. The van der Waals surface area contributed by atoms with E-state index in [4.69, 9.17) is 16.3 Å². The van der Waals surface area contributed by atoms with Crippen LogP contribution in [0.4, 0.5) is 0 Å². The number of hydrogen-bond donors (Lipinski definition) is 1. The summed E-state index contributed by atoms with van der Waals surface area (Å²) in [5.41, 5.74) is 6.71. The fourth-order valence-electron chi connectivity index (χ4n) is 5.37. The van der Waals surface area contributed by atoms with Gasteiger partial charge < -0.3 is 14.6 Å². The number of aryl methyl sites for hydroxylation is 1. The van der Waals surface area contributed by atoms with E-state index in [-0.39, 0.29) is 18.2 Å². The zero-order valence-corrected chi connectivity index (χ0v) is 24.7. The van der Waals surface area contributed by atoms with Crippen LogP contribution in [-0.4, -0.2) is 15.5 Å². The summed E-state index contributed by atoms with van der Waals surface area (Å²) >= 11 is 6.07. The van der Waals surface area contributed by atoms with E-state index in [9.17, 15) is 4.79 Å². The number of aromatic nitrogens is 2. The van der Waals surface area contributed by atoms with Gasteiger partial charge in [-0.2, -0.15) is 0 Å². The first-order chi connectivity index (χ1) is 21.0. The van der Waals surface area contributed by atoms with Gasteiger partial charge in [0, 0.05) is 59.9 Å². The second-order valence-corrected chi connectivity index (χ2v) is 11.2. The lowest BCUT2D eigenvalue weighted by molar-refractivity contribution is -0.121. The lowest BCUT2D eigenvalue weighted by atomic mass is 9.88. The summed E-state index contributed by atoms with van der Waals surface area (Å²) < 4.78 is 8.46. The molecule has 0 radical (unpaired) electrons. The molecule has 0 aliphatic rings. The summed E-state index contributed by atoms with van der Waals surface area (Å²) in [6.07, 6.45) is 5.96. The molecule has 2 aromatic heterocycles. The fourth-order valence-corrected chi connectivity index (χ4v) is 5.50. The predicted octanol–water partition coefficient (Wildman–Crippen LogP) is 8.68. The van der Waals surface area contributed by atoms with E-state index in [0.717, 1.165) is 34.1 Å². The smallest absolute Gasteiger partial charge is 0.221 e. The summed E-state index contributed by atoms with van der Waals surface area (Å²) in [5, 5.41) is 4.90. The van der Waals surface area contributed by atoms with Crippen LogP contribution in [0.5, 0.6) is 11.5 Å². The molecule has 1 N–H and O–H groups in total. The van der Waals surface area contributed by atoms with Gasteiger partial charge in [-0.1, -0.05) is 71.8 Å². The summed E-state index contributed by atoms with van der Waals surface area (Å²) in [5.74, 6) is 1.17. The molecule has 0 saturated heterocycles. The Morgan fingerprint density at radius 2 is 1.63 bits per heavy atom. The van der Waals surface area contributed by atoms with Gasteiger partial charge in [-0.05, 0) is 83.8 Å². The SMILES string of the molecule is Cc1ccc(Cn2cc([C@H](CC(=O)NCc3ccncc3)c3cccc(Oc4ccc(Cl)cc4)c3)c3ccccc32)cc1. The van der Waals surface area contributed by atoms with Crippen LogP contribution in [0.3, 0.4) is 0 Å². The number of nitrogens with one attached hydrogen (secondary N) is 1. The van der Waals surface area contributed by atoms with E-state index in [1.54, 1.807) is 24.5 Å². The maximum Gasteiger partial charge on any atom is 0.221 e. The Labute approximate surface area is 256 Å². The molecule has 6 aromatic rings. The molecule has 2 heterocycles. The van der Waals surface area contributed by atoms with Gasteiger partial charge >= 0.3 is 0 Å². The number of para-hydroxylation sites is 1. The first-order valence-electron chi connectivity index (χ1n) is 14.3. The van der Waals surface area contributed by atoms with Crippen LogP contribution in [0, 0.1) is 6.92 Å². The minimum absolute atomic E-state index is 0.0267. The van der Waals surface area contributed by atoms with E-state index < -0.39 is 0 Å². The largest absolute Gasteiger partial charge is 0.457 e. The molecule has 43 heavy (non-hydrogen) atoms. The molecule has 0 unspecified atom stereocenters. The Hall–Kier alpha value is -4.87. The monoisotopic (exact) mass is 585 g/mol. The molecule has 6 rings (SSSR count). The number of ether oxygens (including phenoxy) is 1.